The Labute approximate surface area is 114 Å². The molecule has 1 aromatic carbocycles. The summed E-state index contributed by atoms with van der Waals surface area (Å²) in [7, 11) is -1.62. The molecule has 0 unspecified atom stereocenters. The van der Waals surface area contributed by atoms with Crippen LogP contribution in [0.1, 0.15) is 32.3 Å². The maximum atomic E-state index is 13.2. The Morgan fingerprint density at radius 1 is 1.37 bits per heavy atom. The first-order valence-corrected chi connectivity index (χ1v) is 6.74. The average molecular weight is 265 g/mol. The van der Waals surface area contributed by atoms with E-state index in [2.05, 4.69) is 18.7 Å². The van der Waals surface area contributed by atoms with Crippen LogP contribution in [0.3, 0.4) is 0 Å². The first-order chi connectivity index (χ1) is 8.87. The van der Waals surface area contributed by atoms with Crippen LogP contribution in [-0.2, 0) is 6.54 Å². The van der Waals surface area contributed by atoms with Gasteiger partial charge >= 0.3 is 7.12 Å². The van der Waals surface area contributed by atoms with E-state index in [1.807, 2.05) is 0 Å². The van der Waals surface area contributed by atoms with Gasteiger partial charge in [0.1, 0.15) is 5.82 Å². The van der Waals surface area contributed by atoms with Crippen LogP contribution in [0.2, 0.25) is 0 Å². The molecule has 0 aromatic heterocycles. The van der Waals surface area contributed by atoms with Crippen LogP contribution in [0, 0.1) is 11.2 Å². The maximum Gasteiger partial charge on any atom is 0.488 e. The van der Waals surface area contributed by atoms with Crippen LogP contribution >= 0.6 is 0 Å². The molecule has 0 saturated carbocycles. The Bertz CT molecular complexity index is 451. The summed E-state index contributed by atoms with van der Waals surface area (Å²) in [5.74, 6) is -0.439. The van der Waals surface area contributed by atoms with Crippen molar-refractivity contribution >= 4 is 12.6 Å². The molecule has 0 spiro atoms. The molecule has 3 nitrogen and oxygen atoms in total. The molecule has 1 aliphatic heterocycles. The minimum atomic E-state index is -1.62. The van der Waals surface area contributed by atoms with Crippen LogP contribution in [0.4, 0.5) is 4.39 Å². The Hall–Kier alpha value is -0.905. The van der Waals surface area contributed by atoms with E-state index in [-0.39, 0.29) is 10.9 Å². The summed E-state index contributed by atoms with van der Waals surface area (Å²) in [6.07, 6.45) is 2.35. The molecule has 0 radical (unpaired) electrons. The Morgan fingerprint density at radius 2 is 2.11 bits per heavy atom. The van der Waals surface area contributed by atoms with Gasteiger partial charge in [0.15, 0.2) is 0 Å². The molecule has 2 rings (SSSR count). The van der Waals surface area contributed by atoms with Crippen molar-refractivity contribution in [3.05, 3.63) is 29.6 Å². The molecule has 0 atom stereocenters. The van der Waals surface area contributed by atoms with Crippen LogP contribution in [-0.4, -0.2) is 35.2 Å². The minimum absolute atomic E-state index is 0.267. The fourth-order valence-electron chi connectivity index (χ4n) is 2.87. The van der Waals surface area contributed by atoms with Crippen molar-refractivity contribution < 1.29 is 14.4 Å². The van der Waals surface area contributed by atoms with Crippen LogP contribution < -0.4 is 5.46 Å². The molecular formula is C14H21BFNO2. The summed E-state index contributed by atoms with van der Waals surface area (Å²) < 4.78 is 13.2. The van der Waals surface area contributed by atoms with Crippen LogP contribution in [0.15, 0.2) is 18.2 Å². The SMILES string of the molecule is CC1(C)CCCN(Cc2ccc(F)cc2B(O)O)C1. The third-order valence-electron chi connectivity index (χ3n) is 3.76. The molecule has 104 valence electrons. The summed E-state index contributed by atoms with van der Waals surface area (Å²) in [6.45, 7) is 7.10. The highest BCUT2D eigenvalue weighted by Gasteiger charge is 2.27. The van der Waals surface area contributed by atoms with Gasteiger partial charge in [0.25, 0.3) is 0 Å². The second-order valence-corrected chi connectivity index (χ2v) is 6.20. The number of benzene rings is 1. The zero-order valence-electron chi connectivity index (χ0n) is 11.6. The monoisotopic (exact) mass is 265 g/mol. The molecule has 1 saturated heterocycles. The number of hydrogen-bond acceptors (Lipinski definition) is 3. The van der Waals surface area contributed by atoms with E-state index in [4.69, 9.17) is 0 Å². The third kappa shape index (κ3) is 3.78. The summed E-state index contributed by atoms with van der Waals surface area (Å²) in [5, 5.41) is 18.7. The molecule has 1 fully saturated rings. The predicted molar refractivity (Wildman–Crippen MR) is 74.5 cm³/mol. The van der Waals surface area contributed by atoms with Gasteiger partial charge in [-0.2, -0.15) is 0 Å². The summed E-state index contributed by atoms with van der Waals surface area (Å²) in [6, 6.07) is 4.22. The fraction of sp³-hybridized carbons (Fsp3) is 0.571. The van der Waals surface area contributed by atoms with Gasteiger partial charge in [-0.25, -0.2) is 4.39 Å². The van der Waals surface area contributed by atoms with Gasteiger partial charge in [-0.15, -0.1) is 0 Å². The smallest absolute Gasteiger partial charge is 0.423 e. The number of halogens is 1. The van der Waals surface area contributed by atoms with Crippen molar-refractivity contribution in [2.24, 2.45) is 5.41 Å². The summed E-state index contributed by atoms with van der Waals surface area (Å²) in [4.78, 5) is 2.29. The lowest BCUT2D eigenvalue weighted by Gasteiger charge is -2.38. The lowest BCUT2D eigenvalue weighted by Crippen LogP contribution is -2.42. The zero-order chi connectivity index (χ0) is 14.0. The van der Waals surface area contributed by atoms with Crippen LogP contribution in [0.25, 0.3) is 0 Å². The molecule has 1 aromatic rings. The number of rotatable bonds is 3. The highest BCUT2D eigenvalue weighted by Crippen LogP contribution is 2.29. The standard InChI is InChI=1S/C14H21BFNO2/c1-14(2)6-3-7-17(10-14)9-11-4-5-12(16)8-13(11)15(18)19/h4-5,8,18-19H,3,6-7,9-10H2,1-2H3. The van der Waals surface area contributed by atoms with E-state index in [0.717, 1.165) is 25.1 Å². The molecular weight excluding hydrogens is 244 g/mol. The largest absolute Gasteiger partial charge is 0.488 e. The number of likely N-dealkylation sites (tertiary alicyclic amines) is 1. The van der Waals surface area contributed by atoms with Gasteiger partial charge in [-0.1, -0.05) is 19.9 Å². The van der Waals surface area contributed by atoms with Gasteiger partial charge in [0, 0.05) is 13.1 Å². The Balaban J connectivity index is 2.14. The fourth-order valence-corrected chi connectivity index (χ4v) is 2.87. The number of hydrogen-bond donors (Lipinski definition) is 2. The van der Waals surface area contributed by atoms with E-state index in [1.165, 1.54) is 18.6 Å². The van der Waals surface area contributed by atoms with Crippen molar-refractivity contribution in [3.8, 4) is 0 Å². The number of nitrogens with zero attached hydrogens (tertiary/aromatic N) is 1. The van der Waals surface area contributed by atoms with E-state index in [9.17, 15) is 14.4 Å². The topological polar surface area (TPSA) is 43.7 Å². The van der Waals surface area contributed by atoms with Gasteiger partial charge in [-0.3, -0.25) is 4.90 Å². The Morgan fingerprint density at radius 3 is 2.74 bits per heavy atom. The first kappa shape index (κ1) is 14.5. The van der Waals surface area contributed by atoms with E-state index in [1.54, 1.807) is 6.07 Å². The van der Waals surface area contributed by atoms with Crippen molar-refractivity contribution in [1.29, 1.82) is 0 Å². The molecule has 19 heavy (non-hydrogen) atoms. The molecule has 5 heteroatoms. The highest BCUT2D eigenvalue weighted by atomic mass is 19.1. The normalized spacial score (nSPS) is 19.4. The van der Waals surface area contributed by atoms with Crippen molar-refractivity contribution in [3.63, 3.8) is 0 Å². The lowest BCUT2D eigenvalue weighted by atomic mass is 9.76. The second-order valence-electron chi connectivity index (χ2n) is 6.20. The third-order valence-corrected chi connectivity index (χ3v) is 3.76. The van der Waals surface area contributed by atoms with Crippen molar-refractivity contribution in [2.45, 2.75) is 33.2 Å². The van der Waals surface area contributed by atoms with Crippen molar-refractivity contribution in [2.75, 3.05) is 13.1 Å². The molecule has 2 N–H and O–H groups in total. The average Bonchev–Trinajstić information content (AvgIpc) is 2.30. The van der Waals surface area contributed by atoms with E-state index in [0.29, 0.717) is 6.54 Å². The zero-order valence-corrected chi connectivity index (χ0v) is 11.6. The molecule has 0 amide bonds. The Kier molecular flexibility index (Phi) is 4.28. The van der Waals surface area contributed by atoms with Gasteiger partial charge < -0.3 is 10.0 Å². The molecule has 1 heterocycles. The highest BCUT2D eigenvalue weighted by molar-refractivity contribution is 6.59. The number of piperidine rings is 1. The van der Waals surface area contributed by atoms with E-state index < -0.39 is 12.9 Å². The van der Waals surface area contributed by atoms with Crippen molar-refractivity contribution in [1.82, 2.24) is 4.90 Å². The molecule has 1 aliphatic rings. The summed E-state index contributed by atoms with van der Waals surface area (Å²) in [5.41, 5.74) is 1.34. The summed E-state index contributed by atoms with van der Waals surface area (Å²) >= 11 is 0. The lowest BCUT2D eigenvalue weighted by molar-refractivity contribution is 0.112. The van der Waals surface area contributed by atoms with Gasteiger partial charge in [0.2, 0.25) is 0 Å². The quantitative estimate of drug-likeness (QED) is 0.805. The van der Waals surface area contributed by atoms with Gasteiger partial charge in [-0.05, 0) is 48.0 Å². The van der Waals surface area contributed by atoms with Crippen LogP contribution in [0.5, 0.6) is 0 Å². The van der Waals surface area contributed by atoms with E-state index >= 15 is 0 Å². The second kappa shape index (κ2) is 5.61. The molecule has 0 aliphatic carbocycles. The minimum Gasteiger partial charge on any atom is -0.423 e. The maximum absolute atomic E-state index is 13.2. The predicted octanol–water partition coefficient (Wildman–Crippen LogP) is 1.13. The van der Waals surface area contributed by atoms with Gasteiger partial charge in [0.05, 0.1) is 0 Å². The molecule has 0 bridgehead atoms. The first-order valence-electron chi connectivity index (χ1n) is 6.74.